The molecule has 7 heteroatoms. The van der Waals surface area contributed by atoms with E-state index >= 15 is 0 Å². The van der Waals surface area contributed by atoms with Crippen molar-refractivity contribution in [2.24, 2.45) is 22.7 Å². The number of hydrogen-bond acceptors (Lipinski definition) is 6. The molecule has 0 aromatic heterocycles. The van der Waals surface area contributed by atoms with Crippen LogP contribution in [0.4, 0.5) is 0 Å². The molecule has 0 radical (unpaired) electrons. The summed E-state index contributed by atoms with van der Waals surface area (Å²) < 4.78 is 6.90. The van der Waals surface area contributed by atoms with Crippen molar-refractivity contribution >= 4 is 5.91 Å². The first-order valence-electron chi connectivity index (χ1n) is 11.8. The zero-order chi connectivity index (χ0) is 23.2. The lowest BCUT2D eigenvalue weighted by molar-refractivity contribution is -0.240. The predicted molar refractivity (Wildman–Crippen MR) is 117 cm³/mol. The molecular formula is C25H35NO6. The average molecular weight is 446 g/mol. The number of nitrogens with zero attached hydrogens (tertiary/aromatic N) is 1. The van der Waals surface area contributed by atoms with Crippen LogP contribution in [0.3, 0.4) is 0 Å². The lowest BCUT2D eigenvalue weighted by Crippen LogP contribution is -2.69. The number of aromatic hydroxyl groups is 1. The minimum atomic E-state index is -0.846. The topological polar surface area (TPSA) is 110 Å². The Labute approximate surface area is 189 Å². The zero-order valence-corrected chi connectivity index (χ0v) is 19.4. The van der Waals surface area contributed by atoms with Crippen LogP contribution in [-0.2, 0) is 13.0 Å². The Morgan fingerprint density at radius 1 is 1.19 bits per heavy atom. The number of carbonyl (C=O) groups is 1. The maximum Gasteiger partial charge on any atom is 0.254 e. The number of amides is 1. The predicted octanol–water partition coefficient (Wildman–Crippen LogP) is 2.22. The Kier molecular flexibility index (Phi) is 4.70. The monoisotopic (exact) mass is 445 g/mol. The first-order valence-corrected chi connectivity index (χ1v) is 11.8. The molecule has 2 aliphatic carbocycles. The third-order valence-corrected chi connectivity index (χ3v) is 9.50. The van der Waals surface area contributed by atoms with E-state index in [9.17, 15) is 25.2 Å². The van der Waals surface area contributed by atoms with Crippen molar-refractivity contribution in [1.29, 1.82) is 0 Å². The fourth-order valence-corrected chi connectivity index (χ4v) is 7.76. The van der Waals surface area contributed by atoms with Gasteiger partial charge in [-0.25, -0.2) is 0 Å². The zero-order valence-electron chi connectivity index (χ0n) is 19.4. The first-order chi connectivity index (χ1) is 15.0. The Hall–Kier alpha value is -1.83. The summed E-state index contributed by atoms with van der Waals surface area (Å²) in [4.78, 5) is 14.4. The van der Waals surface area contributed by atoms with Crippen LogP contribution in [0.2, 0.25) is 0 Å². The van der Waals surface area contributed by atoms with Gasteiger partial charge >= 0.3 is 0 Å². The number of carbonyl (C=O) groups excluding carboxylic acids is 1. The molecule has 2 aliphatic heterocycles. The van der Waals surface area contributed by atoms with Gasteiger partial charge in [0, 0.05) is 29.5 Å². The van der Waals surface area contributed by atoms with Crippen LogP contribution in [0.5, 0.6) is 11.5 Å². The molecule has 2 heterocycles. The van der Waals surface area contributed by atoms with Crippen LogP contribution >= 0.6 is 0 Å². The summed E-state index contributed by atoms with van der Waals surface area (Å²) in [6.07, 6.45) is 1.18. The summed E-state index contributed by atoms with van der Waals surface area (Å²) in [5.74, 6) is 0.788. The van der Waals surface area contributed by atoms with Crippen LogP contribution < -0.4 is 4.74 Å². The van der Waals surface area contributed by atoms with Crippen molar-refractivity contribution in [3.05, 3.63) is 22.8 Å². The van der Waals surface area contributed by atoms with E-state index in [0.717, 1.165) is 24.0 Å². The molecule has 0 bridgehead atoms. The van der Waals surface area contributed by atoms with Gasteiger partial charge in [-0.3, -0.25) is 4.79 Å². The summed E-state index contributed by atoms with van der Waals surface area (Å²) in [5, 5.41) is 41.9. The number of phenolic OH excluding ortho intramolecular Hbond substituents is 1. The normalized spacial score (nSPS) is 39.6. The number of hydrogen-bond donors (Lipinski definition) is 4. The van der Waals surface area contributed by atoms with Gasteiger partial charge in [-0.2, -0.15) is 0 Å². The van der Waals surface area contributed by atoms with Gasteiger partial charge in [0.15, 0.2) is 0 Å². The van der Waals surface area contributed by atoms with Crippen molar-refractivity contribution in [1.82, 2.24) is 4.90 Å². The second kappa shape index (κ2) is 6.84. The quantitative estimate of drug-likeness (QED) is 0.556. The summed E-state index contributed by atoms with van der Waals surface area (Å²) in [6.45, 7) is 8.90. The molecule has 0 unspecified atom stereocenters. The first kappa shape index (κ1) is 22.0. The number of ether oxygens (including phenoxy) is 1. The molecule has 1 amide bonds. The number of fused-ring (bicyclic) bond motifs is 5. The number of rotatable bonds is 2. The third kappa shape index (κ3) is 2.56. The summed E-state index contributed by atoms with van der Waals surface area (Å²) >= 11 is 0. The number of β-amino-alcohol motifs (C(OH)–C–C–N with tert-alkyl or cyclic N) is 1. The summed E-state index contributed by atoms with van der Waals surface area (Å²) in [5.41, 5.74) is 0.415. The minimum absolute atomic E-state index is 0.0726. The highest BCUT2D eigenvalue weighted by atomic mass is 16.5. The van der Waals surface area contributed by atoms with E-state index in [1.807, 2.05) is 13.8 Å². The molecule has 0 saturated heterocycles. The third-order valence-electron chi connectivity index (χ3n) is 9.50. The van der Waals surface area contributed by atoms with Crippen LogP contribution in [0.1, 0.15) is 68.4 Å². The van der Waals surface area contributed by atoms with Gasteiger partial charge in [-0.15, -0.1) is 0 Å². The molecule has 2 saturated carbocycles. The number of benzene rings is 1. The summed E-state index contributed by atoms with van der Waals surface area (Å²) in [7, 11) is 0. The van der Waals surface area contributed by atoms with Gasteiger partial charge in [-0.05, 0) is 42.6 Å². The molecule has 2 fully saturated rings. The Bertz CT molecular complexity index is 976. The van der Waals surface area contributed by atoms with E-state index in [-0.39, 0.29) is 36.6 Å². The second-order valence-electron chi connectivity index (χ2n) is 11.3. The smallest absolute Gasteiger partial charge is 0.254 e. The summed E-state index contributed by atoms with van der Waals surface area (Å²) in [6, 6.07) is 1.55. The lowest BCUT2D eigenvalue weighted by Gasteiger charge is -2.64. The largest absolute Gasteiger partial charge is 0.508 e. The van der Waals surface area contributed by atoms with E-state index in [0.29, 0.717) is 30.7 Å². The highest BCUT2D eigenvalue weighted by molar-refractivity contribution is 6.00. The van der Waals surface area contributed by atoms with Gasteiger partial charge in [0.2, 0.25) is 0 Å². The second-order valence-corrected chi connectivity index (χ2v) is 11.3. The lowest BCUT2D eigenvalue weighted by atomic mass is 9.43. The maximum atomic E-state index is 12.8. The molecule has 6 atom stereocenters. The average Bonchev–Trinajstić information content (AvgIpc) is 3.27. The van der Waals surface area contributed by atoms with Gasteiger partial charge in [0.1, 0.15) is 17.1 Å². The molecule has 1 aromatic rings. The van der Waals surface area contributed by atoms with Crippen molar-refractivity contribution in [3.8, 4) is 11.5 Å². The van der Waals surface area contributed by atoms with Crippen molar-refractivity contribution < 1.29 is 30.0 Å². The maximum absolute atomic E-state index is 12.8. The molecule has 4 aliphatic rings. The fourth-order valence-electron chi connectivity index (χ4n) is 7.76. The van der Waals surface area contributed by atoms with Crippen LogP contribution in [0.15, 0.2) is 6.07 Å². The molecule has 5 rings (SSSR count). The molecule has 176 valence electrons. The molecule has 1 aromatic carbocycles. The SMILES string of the molecule is C[C@H]1CC[C@H]2C(C)(C)[C@H](O)[C@H](O)C[C@]2(C)[C@@]12Cc1c(O)cc3c(c1O2)CN(CCO)C3=O. The van der Waals surface area contributed by atoms with Crippen LogP contribution in [-0.4, -0.2) is 62.2 Å². The number of aliphatic hydroxyl groups is 3. The standard InChI is InChI=1S/C25H35NO6/c1-13-5-6-19-23(2,3)21(30)18(29)11-24(19,4)25(13)10-15-17(28)9-14-16(20(15)32-25)12-26(7-8-27)22(14)31/h9,13,18-19,21,27-30H,5-8,10-12H2,1-4H3/t13-,18+,19-,21+,24-,25+/m0/s1. The van der Waals surface area contributed by atoms with Gasteiger partial charge in [-0.1, -0.05) is 27.7 Å². The molecule has 32 heavy (non-hydrogen) atoms. The van der Waals surface area contributed by atoms with Gasteiger partial charge in [0.25, 0.3) is 5.91 Å². The molecule has 1 spiro atoms. The van der Waals surface area contributed by atoms with E-state index in [1.54, 1.807) is 11.0 Å². The van der Waals surface area contributed by atoms with Crippen LogP contribution in [0, 0.1) is 22.7 Å². The van der Waals surface area contributed by atoms with Crippen molar-refractivity contribution in [2.45, 2.75) is 77.7 Å². The fraction of sp³-hybridized carbons (Fsp3) is 0.720. The van der Waals surface area contributed by atoms with Crippen molar-refractivity contribution in [2.75, 3.05) is 13.2 Å². The molecule has 4 N–H and O–H groups in total. The molecular weight excluding hydrogens is 410 g/mol. The Morgan fingerprint density at radius 3 is 2.59 bits per heavy atom. The van der Waals surface area contributed by atoms with E-state index in [4.69, 9.17) is 4.74 Å². The Balaban J connectivity index is 1.62. The van der Waals surface area contributed by atoms with E-state index in [1.165, 1.54) is 0 Å². The number of aliphatic hydroxyl groups excluding tert-OH is 3. The Morgan fingerprint density at radius 2 is 1.91 bits per heavy atom. The number of phenols is 1. The van der Waals surface area contributed by atoms with Gasteiger partial charge < -0.3 is 30.1 Å². The highest BCUT2D eigenvalue weighted by Gasteiger charge is 2.68. The van der Waals surface area contributed by atoms with E-state index in [2.05, 4.69) is 13.8 Å². The van der Waals surface area contributed by atoms with Crippen LogP contribution in [0.25, 0.3) is 0 Å². The van der Waals surface area contributed by atoms with E-state index < -0.39 is 28.6 Å². The van der Waals surface area contributed by atoms with Crippen molar-refractivity contribution in [3.63, 3.8) is 0 Å². The molecule has 7 nitrogen and oxygen atoms in total. The highest BCUT2D eigenvalue weighted by Crippen LogP contribution is 2.67. The minimum Gasteiger partial charge on any atom is -0.508 e. The van der Waals surface area contributed by atoms with Gasteiger partial charge in [0.05, 0.1) is 30.9 Å².